The fraction of sp³-hybridized carbons (Fsp3) is 0.429. The number of hydrogen-bond acceptors (Lipinski definition) is 5. The van der Waals surface area contributed by atoms with Crippen LogP contribution >= 0.6 is 0 Å². The fourth-order valence-corrected chi connectivity index (χ4v) is 4.66. The van der Waals surface area contributed by atoms with E-state index < -0.39 is 0 Å². The monoisotopic (exact) mass is 376 g/mol. The molecule has 3 aromatic rings. The SMILES string of the molecule is O=C(c1cnc2[nH]ccc2c1)N1CCCCC1C1CCN(c2ncccn2)C1. The number of rotatable bonds is 3. The molecule has 0 spiro atoms. The summed E-state index contributed by atoms with van der Waals surface area (Å²) in [7, 11) is 0. The van der Waals surface area contributed by atoms with Gasteiger partial charge >= 0.3 is 0 Å². The summed E-state index contributed by atoms with van der Waals surface area (Å²) in [5, 5.41) is 0.979. The van der Waals surface area contributed by atoms with Crippen molar-refractivity contribution in [1.82, 2.24) is 24.8 Å². The van der Waals surface area contributed by atoms with Gasteiger partial charge in [-0.15, -0.1) is 0 Å². The summed E-state index contributed by atoms with van der Waals surface area (Å²) in [6.07, 6.45) is 11.5. The van der Waals surface area contributed by atoms with Crippen molar-refractivity contribution in [3.05, 3.63) is 48.5 Å². The minimum absolute atomic E-state index is 0.106. The number of fused-ring (bicyclic) bond motifs is 1. The molecular weight excluding hydrogens is 352 g/mol. The molecule has 2 fully saturated rings. The molecule has 2 aliphatic heterocycles. The van der Waals surface area contributed by atoms with Crippen molar-refractivity contribution >= 4 is 22.9 Å². The molecule has 5 rings (SSSR count). The van der Waals surface area contributed by atoms with E-state index in [4.69, 9.17) is 0 Å². The van der Waals surface area contributed by atoms with Crippen molar-refractivity contribution in [1.29, 1.82) is 0 Å². The maximum Gasteiger partial charge on any atom is 0.255 e. The summed E-state index contributed by atoms with van der Waals surface area (Å²) in [5.74, 6) is 1.35. The number of anilines is 1. The van der Waals surface area contributed by atoms with Crippen molar-refractivity contribution < 1.29 is 4.79 Å². The number of pyridine rings is 1. The summed E-state index contributed by atoms with van der Waals surface area (Å²) in [6.45, 7) is 2.69. The van der Waals surface area contributed by atoms with E-state index in [0.29, 0.717) is 11.5 Å². The molecule has 0 saturated carbocycles. The highest BCUT2D eigenvalue weighted by atomic mass is 16.2. The van der Waals surface area contributed by atoms with Gasteiger partial charge in [-0.25, -0.2) is 15.0 Å². The third-order valence-corrected chi connectivity index (χ3v) is 6.06. The third-order valence-electron chi connectivity index (χ3n) is 6.06. The zero-order chi connectivity index (χ0) is 18.9. The number of piperidine rings is 1. The van der Waals surface area contributed by atoms with Crippen LogP contribution in [0.25, 0.3) is 11.0 Å². The Hall–Kier alpha value is -2.96. The highest BCUT2D eigenvalue weighted by Gasteiger charge is 2.37. The number of aromatic amines is 1. The first-order chi connectivity index (χ1) is 13.8. The minimum atomic E-state index is 0.106. The molecule has 1 N–H and O–H groups in total. The zero-order valence-corrected chi connectivity index (χ0v) is 15.8. The molecule has 28 heavy (non-hydrogen) atoms. The molecule has 2 unspecified atom stereocenters. The lowest BCUT2D eigenvalue weighted by Crippen LogP contribution is -2.48. The van der Waals surface area contributed by atoms with Gasteiger partial charge in [-0.05, 0) is 49.8 Å². The Morgan fingerprint density at radius 3 is 2.89 bits per heavy atom. The second-order valence-electron chi connectivity index (χ2n) is 7.74. The Morgan fingerprint density at radius 1 is 1.11 bits per heavy atom. The Labute approximate surface area is 163 Å². The second kappa shape index (κ2) is 7.22. The van der Waals surface area contributed by atoms with Gasteiger partial charge in [0, 0.05) is 55.8 Å². The molecule has 7 heteroatoms. The van der Waals surface area contributed by atoms with Gasteiger partial charge in [0.1, 0.15) is 5.65 Å². The number of hydrogen-bond donors (Lipinski definition) is 1. The summed E-state index contributed by atoms with van der Waals surface area (Å²) in [4.78, 5) is 33.9. The number of nitrogens with zero attached hydrogens (tertiary/aromatic N) is 5. The Balaban J connectivity index is 1.35. The summed E-state index contributed by atoms with van der Waals surface area (Å²) >= 11 is 0. The van der Waals surface area contributed by atoms with Crippen LogP contribution in [0.1, 0.15) is 36.0 Å². The number of amides is 1. The van der Waals surface area contributed by atoms with Crippen LogP contribution in [0.5, 0.6) is 0 Å². The fourth-order valence-electron chi connectivity index (χ4n) is 4.66. The van der Waals surface area contributed by atoms with E-state index in [1.165, 1.54) is 6.42 Å². The van der Waals surface area contributed by atoms with Crippen LogP contribution in [-0.2, 0) is 0 Å². The lowest BCUT2D eigenvalue weighted by Gasteiger charge is -2.39. The first-order valence-corrected chi connectivity index (χ1v) is 10.1. The van der Waals surface area contributed by atoms with E-state index in [0.717, 1.165) is 55.9 Å². The number of nitrogens with one attached hydrogen (secondary N) is 1. The van der Waals surface area contributed by atoms with Gasteiger partial charge in [-0.3, -0.25) is 4.79 Å². The molecule has 3 aromatic heterocycles. The molecule has 7 nitrogen and oxygen atoms in total. The van der Waals surface area contributed by atoms with Crippen LogP contribution in [0.15, 0.2) is 43.0 Å². The Bertz CT molecular complexity index is 971. The van der Waals surface area contributed by atoms with Crippen LogP contribution < -0.4 is 4.90 Å². The molecule has 0 bridgehead atoms. The van der Waals surface area contributed by atoms with Crippen LogP contribution in [0.3, 0.4) is 0 Å². The standard InChI is InChI=1S/C21H24N6O/c28-20(17-12-15-5-9-22-19(15)25-13-17)27-10-2-1-4-18(27)16-6-11-26(14-16)21-23-7-3-8-24-21/h3,5,7-9,12-13,16,18H,1-2,4,6,10-11,14H2,(H,22,25). The minimum Gasteiger partial charge on any atom is -0.346 e. The Morgan fingerprint density at radius 2 is 2.00 bits per heavy atom. The Kier molecular flexibility index (Phi) is 4.43. The normalized spacial score (nSPS) is 22.7. The zero-order valence-electron chi connectivity index (χ0n) is 15.8. The lowest BCUT2D eigenvalue weighted by molar-refractivity contribution is 0.0531. The van der Waals surface area contributed by atoms with Gasteiger partial charge in [0.05, 0.1) is 5.56 Å². The average molecular weight is 376 g/mol. The van der Waals surface area contributed by atoms with Crippen molar-refractivity contribution in [3.8, 4) is 0 Å². The number of H-pyrrole nitrogens is 1. The quantitative estimate of drug-likeness (QED) is 0.760. The van der Waals surface area contributed by atoms with Gasteiger partial charge in [0.2, 0.25) is 5.95 Å². The topological polar surface area (TPSA) is 78.0 Å². The largest absolute Gasteiger partial charge is 0.346 e. The molecule has 2 atom stereocenters. The van der Waals surface area contributed by atoms with E-state index in [2.05, 4.69) is 29.7 Å². The van der Waals surface area contributed by atoms with Crippen LogP contribution in [-0.4, -0.2) is 56.4 Å². The summed E-state index contributed by atoms with van der Waals surface area (Å²) in [5.41, 5.74) is 1.50. The van der Waals surface area contributed by atoms with Crippen molar-refractivity contribution in [2.24, 2.45) is 5.92 Å². The molecule has 2 saturated heterocycles. The molecule has 5 heterocycles. The van der Waals surface area contributed by atoms with E-state index >= 15 is 0 Å². The van der Waals surface area contributed by atoms with E-state index in [9.17, 15) is 4.79 Å². The van der Waals surface area contributed by atoms with Crippen LogP contribution in [0, 0.1) is 5.92 Å². The number of carbonyl (C=O) groups excluding carboxylic acids is 1. The van der Waals surface area contributed by atoms with Crippen LogP contribution in [0.2, 0.25) is 0 Å². The summed E-state index contributed by atoms with van der Waals surface area (Å²) < 4.78 is 0. The molecular formula is C21H24N6O. The van der Waals surface area contributed by atoms with Crippen molar-refractivity contribution in [3.63, 3.8) is 0 Å². The first-order valence-electron chi connectivity index (χ1n) is 10.1. The molecule has 1 amide bonds. The van der Waals surface area contributed by atoms with E-state index in [-0.39, 0.29) is 11.9 Å². The van der Waals surface area contributed by atoms with Gasteiger partial charge in [-0.1, -0.05) is 0 Å². The molecule has 2 aliphatic rings. The van der Waals surface area contributed by atoms with E-state index in [1.807, 2.05) is 24.4 Å². The smallest absolute Gasteiger partial charge is 0.255 e. The van der Waals surface area contributed by atoms with Gasteiger partial charge in [-0.2, -0.15) is 0 Å². The molecule has 0 radical (unpaired) electrons. The maximum atomic E-state index is 13.3. The van der Waals surface area contributed by atoms with Gasteiger partial charge < -0.3 is 14.8 Å². The highest BCUT2D eigenvalue weighted by molar-refractivity contribution is 5.97. The molecule has 0 aliphatic carbocycles. The lowest BCUT2D eigenvalue weighted by atomic mass is 9.89. The predicted molar refractivity (Wildman–Crippen MR) is 107 cm³/mol. The highest BCUT2D eigenvalue weighted by Crippen LogP contribution is 2.32. The maximum absolute atomic E-state index is 13.3. The van der Waals surface area contributed by atoms with Gasteiger partial charge in [0.25, 0.3) is 5.91 Å². The van der Waals surface area contributed by atoms with Gasteiger partial charge in [0.15, 0.2) is 0 Å². The second-order valence-corrected chi connectivity index (χ2v) is 7.74. The average Bonchev–Trinajstić information content (AvgIpc) is 3.43. The third kappa shape index (κ3) is 3.10. The summed E-state index contributed by atoms with van der Waals surface area (Å²) in [6, 6.07) is 6.03. The predicted octanol–water partition coefficient (Wildman–Crippen LogP) is 2.87. The number of carbonyl (C=O) groups is 1. The van der Waals surface area contributed by atoms with Crippen molar-refractivity contribution in [2.45, 2.75) is 31.7 Å². The number of likely N-dealkylation sites (tertiary alicyclic amines) is 1. The van der Waals surface area contributed by atoms with E-state index in [1.54, 1.807) is 18.6 Å². The van der Waals surface area contributed by atoms with Crippen molar-refractivity contribution in [2.75, 3.05) is 24.5 Å². The first kappa shape index (κ1) is 17.2. The van der Waals surface area contributed by atoms with Crippen LogP contribution in [0.4, 0.5) is 5.95 Å². The molecule has 144 valence electrons. The molecule has 0 aromatic carbocycles. The number of aromatic nitrogens is 4.